The van der Waals surface area contributed by atoms with Crippen LogP contribution in [0.2, 0.25) is 0 Å². The second-order valence-electron chi connectivity index (χ2n) is 5.14. The van der Waals surface area contributed by atoms with Crippen LogP contribution in [0, 0.1) is 0 Å². The third-order valence-electron chi connectivity index (χ3n) is 3.36. The first-order valence-electron chi connectivity index (χ1n) is 7.46. The summed E-state index contributed by atoms with van der Waals surface area (Å²) in [6.45, 7) is 0.563. The number of benzene rings is 2. The van der Waals surface area contributed by atoms with Gasteiger partial charge in [0.25, 0.3) is 11.8 Å². The van der Waals surface area contributed by atoms with Crippen LogP contribution in [0.25, 0.3) is 0 Å². The highest BCUT2D eigenvalue weighted by molar-refractivity contribution is 5.97. The van der Waals surface area contributed by atoms with Crippen molar-refractivity contribution in [3.63, 3.8) is 0 Å². The van der Waals surface area contributed by atoms with Crippen molar-refractivity contribution in [3.05, 3.63) is 65.2 Å². The van der Waals surface area contributed by atoms with Gasteiger partial charge in [0, 0.05) is 13.7 Å². The molecular formula is C18H20N2O4. The number of carbonyl (C=O) groups is 2. The Balaban J connectivity index is 2.07. The molecule has 0 heterocycles. The summed E-state index contributed by atoms with van der Waals surface area (Å²) in [4.78, 5) is 23.3. The highest BCUT2D eigenvalue weighted by Gasteiger charge is 2.13. The van der Waals surface area contributed by atoms with Crippen molar-refractivity contribution in [2.75, 3.05) is 13.7 Å². The molecule has 2 rings (SSSR count). The van der Waals surface area contributed by atoms with Gasteiger partial charge in [0.1, 0.15) is 5.75 Å². The van der Waals surface area contributed by atoms with Gasteiger partial charge < -0.3 is 20.5 Å². The molecule has 0 spiro atoms. The molecule has 2 aromatic rings. The minimum Gasteiger partial charge on any atom is -0.483 e. The van der Waals surface area contributed by atoms with Crippen molar-refractivity contribution in [3.8, 4) is 5.75 Å². The second-order valence-corrected chi connectivity index (χ2v) is 5.14. The predicted octanol–water partition coefficient (Wildman–Crippen LogP) is 1.63. The lowest BCUT2D eigenvalue weighted by Gasteiger charge is -2.12. The Kier molecular flexibility index (Phi) is 6.33. The van der Waals surface area contributed by atoms with E-state index in [2.05, 4.69) is 5.32 Å². The number of hydrogen-bond donors (Lipinski definition) is 2. The van der Waals surface area contributed by atoms with E-state index in [1.54, 1.807) is 31.4 Å². The standard InChI is InChI=1S/C18H20N2O4/c1-23-11-14-7-3-2-6-13(14)10-20-18(22)15-8-4-5-9-16(15)24-12-17(19)21/h2-9H,10-12H2,1H3,(H2,19,21)(H,20,22). The molecule has 0 aliphatic rings. The summed E-state index contributed by atoms with van der Waals surface area (Å²) in [5.41, 5.74) is 7.41. The molecule has 2 aromatic carbocycles. The van der Waals surface area contributed by atoms with Crippen LogP contribution < -0.4 is 15.8 Å². The number of primary amides is 1. The summed E-state index contributed by atoms with van der Waals surface area (Å²) in [5.74, 6) is -0.569. The fourth-order valence-corrected chi connectivity index (χ4v) is 2.23. The molecule has 0 saturated heterocycles. The maximum atomic E-state index is 12.4. The van der Waals surface area contributed by atoms with Gasteiger partial charge in [-0.2, -0.15) is 0 Å². The van der Waals surface area contributed by atoms with E-state index >= 15 is 0 Å². The maximum Gasteiger partial charge on any atom is 0.255 e. The fourth-order valence-electron chi connectivity index (χ4n) is 2.23. The van der Waals surface area contributed by atoms with Gasteiger partial charge >= 0.3 is 0 Å². The van der Waals surface area contributed by atoms with Crippen LogP contribution in [-0.4, -0.2) is 25.5 Å². The van der Waals surface area contributed by atoms with Gasteiger partial charge in [-0.05, 0) is 23.3 Å². The fraction of sp³-hybridized carbons (Fsp3) is 0.222. The molecule has 0 unspecified atom stereocenters. The normalized spacial score (nSPS) is 10.2. The Bertz CT molecular complexity index is 716. The number of methoxy groups -OCH3 is 1. The van der Waals surface area contributed by atoms with Crippen LogP contribution in [0.1, 0.15) is 21.5 Å². The predicted molar refractivity (Wildman–Crippen MR) is 89.5 cm³/mol. The molecule has 3 N–H and O–H groups in total. The zero-order chi connectivity index (χ0) is 17.4. The SMILES string of the molecule is COCc1ccccc1CNC(=O)c1ccccc1OCC(N)=O. The molecule has 24 heavy (non-hydrogen) atoms. The van der Waals surface area contributed by atoms with Crippen LogP contribution >= 0.6 is 0 Å². The van der Waals surface area contributed by atoms with E-state index in [9.17, 15) is 9.59 Å². The number of carbonyl (C=O) groups excluding carboxylic acids is 2. The zero-order valence-electron chi connectivity index (χ0n) is 13.5. The number of para-hydroxylation sites is 1. The van der Waals surface area contributed by atoms with E-state index in [-0.39, 0.29) is 12.5 Å². The summed E-state index contributed by atoms with van der Waals surface area (Å²) in [6, 6.07) is 14.4. The third-order valence-corrected chi connectivity index (χ3v) is 3.36. The topological polar surface area (TPSA) is 90.7 Å². The first-order valence-corrected chi connectivity index (χ1v) is 7.46. The summed E-state index contributed by atoms with van der Waals surface area (Å²) in [5, 5.41) is 2.85. The molecule has 0 aliphatic heterocycles. The molecule has 0 aromatic heterocycles. The molecule has 6 heteroatoms. The average molecular weight is 328 g/mol. The summed E-state index contributed by atoms with van der Waals surface area (Å²) < 4.78 is 10.4. The van der Waals surface area contributed by atoms with Crippen LogP contribution in [0.5, 0.6) is 5.75 Å². The Morgan fingerprint density at radius 2 is 1.71 bits per heavy atom. The van der Waals surface area contributed by atoms with Crippen molar-refractivity contribution in [1.29, 1.82) is 0 Å². The summed E-state index contributed by atoms with van der Waals surface area (Å²) in [7, 11) is 1.63. The number of rotatable bonds is 8. The van der Waals surface area contributed by atoms with Crippen molar-refractivity contribution in [1.82, 2.24) is 5.32 Å². The van der Waals surface area contributed by atoms with E-state index in [0.717, 1.165) is 11.1 Å². The van der Waals surface area contributed by atoms with E-state index in [4.69, 9.17) is 15.2 Å². The maximum absolute atomic E-state index is 12.4. The lowest BCUT2D eigenvalue weighted by atomic mass is 10.1. The van der Waals surface area contributed by atoms with Gasteiger partial charge in [-0.3, -0.25) is 9.59 Å². The largest absolute Gasteiger partial charge is 0.483 e. The smallest absolute Gasteiger partial charge is 0.255 e. The van der Waals surface area contributed by atoms with Gasteiger partial charge in [0.05, 0.1) is 12.2 Å². The van der Waals surface area contributed by atoms with E-state index in [1.807, 2.05) is 24.3 Å². The number of nitrogens with two attached hydrogens (primary N) is 1. The van der Waals surface area contributed by atoms with Crippen LogP contribution in [0.3, 0.4) is 0 Å². The first-order chi connectivity index (χ1) is 11.6. The summed E-state index contributed by atoms with van der Waals surface area (Å²) in [6.07, 6.45) is 0. The minimum atomic E-state index is -0.598. The van der Waals surface area contributed by atoms with Crippen molar-refractivity contribution in [2.24, 2.45) is 5.73 Å². The Labute approximate surface area is 140 Å². The Morgan fingerprint density at radius 1 is 1.04 bits per heavy atom. The van der Waals surface area contributed by atoms with Crippen molar-refractivity contribution >= 4 is 11.8 Å². The average Bonchev–Trinajstić information content (AvgIpc) is 2.59. The highest BCUT2D eigenvalue weighted by Crippen LogP contribution is 2.18. The quantitative estimate of drug-likeness (QED) is 0.770. The van der Waals surface area contributed by atoms with E-state index in [0.29, 0.717) is 24.5 Å². The van der Waals surface area contributed by atoms with Crippen LogP contribution in [0.15, 0.2) is 48.5 Å². The molecule has 0 radical (unpaired) electrons. The molecule has 0 aliphatic carbocycles. The molecule has 0 atom stereocenters. The highest BCUT2D eigenvalue weighted by atomic mass is 16.5. The third kappa shape index (κ3) is 4.82. The zero-order valence-corrected chi connectivity index (χ0v) is 13.5. The van der Waals surface area contributed by atoms with E-state index in [1.165, 1.54) is 0 Å². The van der Waals surface area contributed by atoms with Crippen LogP contribution in [-0.2, 0) is 22.7 Å². The van der Waals surface area contributed by atoms with Crippen molar-refractivity contribution < 1.29 is 19.1 Å². The molecule has 126 valence electrons. The van der Waals surface area contributed by atoms with Gasteiger partial charge in [-0.25, -0.2) is 0 Å². The molecule has 2 amide bonds. The lowest BCUT2D eigenvalue weighted by molar-refractivity contribution is -0.119. The van der Waals surface area contributed by atoms with Gasteiger partial charge in [-0.15, -0.1) is 0 Å². The Hall–Kier alpha value is -2.86. The number of hydrogen-bond acceptors (Lipinski definition) is 4. The first kappa shape index (κ1) is 17.5. The summed E-state index contributed by atoms with van der Waals surface area (Å²) >= 11 is 0. The van der Waals surface area contributed by atoms with Gasteiger partial charge in [0.15, 0.2) is 6.61 Å². The molecule has 6 nitrogen and oxygen atoms in total. The monoisotopic (exact) mass is 328 g/mol. The molecule has 0 saturated carbocycles. The van der Waals surface area contributed by atoms with Crippen LogP contribution in [0.4, 0.5) is 0 Å². The van der Waals surface area contributed by atoms with E-state index < -0.39 is 5.91 Å². The van der Waals surface area contributed by atoms with Gasteiger partial charge in [0.2, 0.25) is 0 Å². The number of ether oxygens (including phenoxy) is 2. The molecule has 0 fully saturated rings. The lowest BCUT2D eigenvalue weighted by Crippen LogP contribution is -2.25. The minimum absolute atomic E-state index is 0.277. The molecular weight excluding hydrogens is 308 g/mol. The molecule has 0 bridgehead atoms. The van der Waals surface area contributed by atoms with Gasteiger partial charge in [-0.1, -0.05) is 36.4 Å². The Morgan fingerprint density at radius 3 is 2.42 bits per heavy atom. The number of amides is 2. The second kappa shape index (κ2) is 8.69. The van der Waals surface area contributed by atoms with Crippen molar-refractivity contribution in [2.45, 2.75) is 13.2 Å². The number of nitrogens with one attached hydrogen (secondary N) is 1.